The molecule has 0 spiro atoms. The molecule has 0 radical (unpaired) electrons. The van der Waals surface area contributed by atoms with Gasteiger partial charge in [-0.05, 0) is 48.9 Å². The van der Waals surface area contributed by atoms with Gasteiger partial charge in [-0.3, -0.25) is 4.68 Å². The number of imidazole rings is 1. The monoisotopic (exact) mass is 467 g/mol. The lowest BCUT2D eigenvalue weighted by Crippen LogP contribution is -2.05. The molecule has 178 valence electrons. The van der Waals surface area contributed by atoms with Gasteiger partial charge in [-0.2, -0.15) is 10.4 Å². The van der Waals surface area contributed by atoms with Crippen molar-refractivity contribution in [3.8, 4) is 17.3 Å². The molecule has 35 heavy (non-hydrogen) atoms. The summed E-state index contributed by atoms with van der Waals surface area (Å²) in [7, 11) is 1.98. The molecule has 9 heteroatoms. The first kappa shape index (κ1) is 22.6. The Bertz CT molecular complexity index is 1390. The van der Waals surface area contributed by atoms with E-state index in [4.69, 9.17) is 10.1 Å². The van der Waals surface area contributed by atoms with Crippen molar-refractivity contribution in [3.63, 3.8) is 0 Å². The first-order valence-corrected chi connectivity index (χ1v) is 11.9. The maximum atomic E-state index is 9.60. The summed E-state index contributed by atoms with van der Waals surface area (Å²) in [6.45, 7) is 5.92. The lowest BCUT2D eigenvalue weighted by molar-refractivity contribution is 0.570. The molecule has 1 aromatic carbocycles. The van der Waals surface area contributed by atoms with Crippen LogP contribution in [0.25, 0.3) is 11.3 Å². The Morgan fingerprint density at radius 3 is 2.94 bits per heavy atom. The predicted molar refractivity (Wildman–Crippen MR) is 135 cm³/mol. The zero-order valence-electron chi connectivity index (χ0n) is 20.3. The summed E-state index contributed by atoms with van der Waals surface area (Å²) in [5, 5.41) is 21.2. The fraction of sp³-hybridized carbons (Fsp3) is 0.346. The second-order valence-corrected chi connectivity index (χ2v) is 9.35. The maximum absolute atomic E-state index is 9.60. The normalized spacial score (nSPS) is 12.4. The molecule has 0 fully saturated rings. The Balaban J connectivity index is 1.43. The van der Waals surface area contributed by atoms with E-state index in [1.165, 1.54) is 0 Å². The van der Waals surface area contributed by atoms with Gasteiger partial charge in [0, 0.05) is 31.5 Å². The Kier molecular flexibility index (Phi) is 6.19. The van der Waals surface area contributed by atoms with Gasteiger partial charge in [-0.25, -0.2) is 15.0 Å². The number of nitrogens with one attached hydrogen (secondary N) is 2. The van der Waals surface area contributed by atoms with E-state index in [1.807, 2.05) is 40.8 Å². The highest BCUT2D eigenvalue weighted by molar-refractivity contribution is 5.74. The Labute approximate surface area is 204 Å². The number of rotatable bonds is 8. The molecule has 0 unspecified atom stereocenters. The van der Waals surface area contributed by atoms with Crippen LogP contribution in [0.15, 0.2) is 43.1 Å². The van der Waals surface area contributed by atoms with E-state index in [1.54, 1.807) is 12.5 Å². The standard InChI is InChI=1S/C26H29N9/c1-17(2)4-5-23-24(15-35(33-23)14-21-13-28-16-34(21)3)32-26-30-9-7-22(31-26)19-10-18-6-8-29-25(18)20(11-19)12-27/h7,9-11,13,15-17,29H,4-6,8,14H2,1-3H3,(H,30,31,32). The first-order valence-electron chi connectivity index (χ1n) is 11.9. The van der Waals surface area contributed by atoms with Crippen molar-refractivity contribution >= 4 is 17.3 Å². The average Bonchev–Trinajstić information content (AvgIpc) is 3.58. The largest absolute Gasteiger partial charge is 0.383 e. The van der Waals surface area contributed by atoms with Gasteiger partial charge in [-0.15, -0.1) is 0 Å². The van der Waals surface area contributed by atoms with Crippen LogP contribution >= 0.6 is 0 Å². The molecule has 4 heterocycles. The summed E-state index contributed by atoms with van der Waals surface area (Å²) in [6.07, 6.45) is 10.2. The zero-order chi connectivity index (χ0) is 24.4. The summed E-state index contributed by atoms with van der Waals surface area (Å²) in [6, 6.07) is 8.19. The summed E-state index contributed by atoms with van der Waals surface area (Å²) in [5.74, 6) is 1.08. The third-order valence-corrected chi connectivity index (χ3v) is 6.27. The van der Waals surface area contributed by atoms with Gasteiger partial charge < -0.3 is 15.2 Å². The second-order valence-electron chi connectivity index (χ2n) is 9.35. The van der Waals surface area contributed by atoms with Crippen LogP contribution in [0.4, 0.5) is 17.3 Å². The molecule has 0 saturated carbocycles. The summed E-state index contributed by atoms with van der Waals surface area (Å²) in [4.78, 5) is 13.4. The third kappa shape index (κ3) is 4.87. The van der Waals surface area contributed by atoms with Gasteiger partial charge in [0.15, 0.2) is 0 Å². The van der Waals surface area contributed by atoms with E-state index in [9.17, 15) is 5.26 Å². The van der Waals surface area contributed by atoms with Crippen molar-refractivity contribution in [2.24, 2.45) is 13.0 Å². The Hall–Kier alpha value is -4.19. The molecule has 0 saturated heterocycles. The number of hydrogen-bond donors (Lipinski definition) is 2. The van der Waals surface area contributed by atoms with E-state index in [0.717, 1.165) is 65.4 Å². The van der Waals surface area contributed by atoms with Crippen molar-refractivity contribution in [1.29, 1.82) is 5.26 Å². The summed E-state index contributed by atoms with van der Waals surface area (Å²) < 4.78 is 3.93. The van der Waals surface area contributed by atoms with Gasteiger partial charge in [0.25, 0.3) is 0 Å². The van der Waals surface area contributed by atoms with Crippen LogP contribution in [0, 0.1) is 17.2 Å². The molecular weight excluding hydrogens is 438 g/mol. The van der Waals surface area contributed by atoms with Crippen LogP contribution in [-0.4, -0.2) is 35.8 Å². The van der Waals surface area contributed by atoms with E-state index in [2.05, 4.69) is 46.6 Å². The molecule has 3 aromatic heterocycles. The van der Waals surface area contributed by atoms with Gasteiger partial charge >= 0.3 is 0 Å². The van der Waals surface area contributed by atoms with E-state index >= 15 is 0 Å². The number of hydrogen-bond acceptors (Lipinski definition) is 7. The van der Waals surface area contributed by atoms with Crippen LogP contribution in [-0.2, 0) is 26.4 Å². The third-order valence-electron chi connectivity index (χ3n) is 6.27. The van der Waals surface area contributed by atoms with Crippen LogP contribution in [0.5, 0.6) is 0 Å². The van der Waals surface area contributed by atoms with Crippen LogP contribution in [0.2, 0.25) is 0 Å². The van der Waals surface area contributed by atoms with E-state index < -0.39 is 0 Å². The molecule has 0 aliphatic carbocycles. The van der Waals surface area contributed by atoms with Gasteiger partial charge in [-0.1, -0.05) is 13.8 Å². The van der Waals surface area contributed by atoms with Gasteiger partial charge in [0.05, 0.1) is 53.1 Å². The molecule has 0 amide bonds. The maximum Gasteiger partial charge on any atom is 0.227 e. The fourth-order valence-corrected chi connectivity index (χ4v) is 4.33. The minimum absolute atomic E-state index is 0.505. The molecule has 0 bridgehead atoms. The quantitative estimate of drug-likeness (QED) is 0.398. The van der Waals surface area contributed by atoms with Crippen molar-refractivity contribution < 1.29 is 0 Å². The average molecular weight is 468 g/mol. The number of aromatic nitrogens is 6. The van der Waals surface area contributed by atoms with Crippen LogP contribution < -0.4 is 10.6 Å². The lowest BCUT2D eigenvalue weighted by atomic mass is 10.0. The van der Waals surface area contributed by atoms with Crippen molar-refractivity contribution in [2.75, 3.05) is 17.2 Å². The number of anilines is 3. The van der Waals surface area contributed by atoms with Crippen LogP contribution in [0.1, 0.15) is 42.8 Å². The number of aryl methyl sites for hydroxylation is 2. The molecule has 1 aliphatic rings. The van der Waals surface area contributed by atoms with Crippen molar-refractivity contribution in [1.82, 2.24) is 29.3 Å². The minimum atomic E-state index is 0.505. The molecule has 5 rings (SSSR count). The molecule has 1 aliphatic heterocycles. The molecule has 4 aromatic rings. The van der Waals surface area contributed by atoms with Gasteiger partial charge in [0.2, 0.25) is 5.95 Å². The zero-order valence-corrected chi connectivity index (χ0v) is 20.3. The fourth-order valence-electron chi connectivity index (χ4n) is 4.33. The SMILES string of the molecule is CC(C)CCc1nn(Cc2cncn2C)cc1Nc1nccc(-c2cc(C#N)c3c(c2)CCN3)n1. The van der Waals surface area contributed by atoms with Crippen molar-refractivity contribution in [2.45, 2.75) is 39.7 Å². The number of nitriles is 1. The van der Waals surface area contributed by atoms with E-state index in [0.29, 0.717) is 24.0 Å². The van der Waals surface area contributed by atoms with Crippen LogP contribution in [0.3, 0.4) is 0 Å². The topological polar surface area (TPSA) is 109 Å². The number of nitrogens with zero attached hydrogens (tertiary/aromatic N) is 7. The second kappa shape index (κ2) is 9.58. The summed E-state index contributed by atoms with van der Waals surface area (Å²) in [5.41, 5.74) is 7.41. The highest BCUT2D eigenvalue weighted by Gasteiger charge is 2.18. The molecule has 0 atom stereocenters. The molecule has 9 nitrogen and oxygen atoms in total. The Morgan fingerprint density at radius 2 is 2.17 bits per heavy atom. The predicted octanol–water partition coefficient (Wildman–Crippen LogP) is 4.29. The first-order chi connectivity index (χ1) is 17.0. The number of fused-ring (bicyclic) bond motifs is 1. The van der Waals surface area contributed by atoms with E-state index in [-0.39, 0.29) is 0 Å². The molecular formula is C26H29N9. The van der Waals surface area contributed by atoms with Gasteiger partial charge in [0.1, 0.15) is 6.07 Å². The smallest absolute Gasteiger partial charge is 0.227 e. The minimum Gasteiger partial charge on any atom is -0.383 e. The molecule has 2 N–H and O–H groups in total. The highest BCUT2D eigenvalue weighted by atomic mass is 15.3. The Morgan fingerprint density at radius 1 is 1.29 bits per heavy atom. The number of benzene rings is 1. The summed E-state index contributed by atoms with van der Waals surface area (Å²) >= 11 is 0. The highest BCUT2D eigenvalue weighted by Crippen LogP contribution is 2.32. The lowest BCUT2D eigenvalue weighted by Gasteiger charge is -2.09. The van der Waals surface area contributed by atoms with Crippen molar-refractivity contribution in [3.05, 3.63) is 65.6 Å².